The lowest BCUT2D eigenvalue weighted by Crippen LogP contribution is -2.31. The molecule has 1 heterocycles. The zero-order valence-corrected chi connectivity index (χ0v) is 20.6. The summed E-state index contributed by atoms with van der Waals surface area (Å²) in [5, 5.41) is 20.1. The maximum Gasteiger partial charge on any atom is 0.302 e. The molecule has 34 heavy (non-hydrogen) atoms. The fraction of sp³-hybridized carbons (Fsp3) is 0.304. The molecular formula is C23H23N5O4S2. The maximum absolute atomic E-state index is 11.1. The zero-order valence-electron chi connectivity index (χ0n) is 19.0. The number of carbonyl (C=O) groups is 2. The van der Waals surface area contributed by atoms with Gasteiger partial charge in [0, 0.05) is 24.4 Å². The highest BCUT2D eigenvalue weighted by Gasteiger charge is 2.11. The molecule has 3 aromatic rings. The molecule has 0 aliphatic rings. The third-order valence-electron chi connectivity index (χ3n) is 4.63. The van der Waals surface area contributed by atoms with Crippen molar-refractivity contribution in [2.75, 3.05) is 31.2 Å². The summed E-state index contributed by atoms with van der Waals surface area (Å²) in [5.41, 5.74) is 3.30. The van der Waals surface area contributed by atoms with Gasteiger partial charge < -0.3 is 14.4 Å². The maximum atomic E-state index is 11.1. The van der Waals surface area contributed by atoms with Crippen molar-refractivity contribution in [3.05, 3.63) is 42.0 Å². The van der Waals surface area contributed by atoms with Gasteiger partial charge in [0.25, 0.3) is 0 Å². The van der Waals surface area contributed by atoms with Gasteiger partial charge in [-0.05, 0) is 60.6 Å². The second-order valence-electron chi connectivity index (χ2n) is 7.16. The Labute approximate surface area is 205 Å². The van der Waals surface area contributed by atoms with Crippen LogP contribution in [0, 0.1) is 17.6 Å². The monoisotopic (exact) mass is 497 g/mol. The first-order valence-corrected chi connectivity index (χ1v) is 12.0. The van der Waals surface area contributed by atoms with Crippen molar-refractivity contribution >= 4 is 61.8 Å². The molecule has 0 spiro atoms. The van der Waals surface area contributed by atoms with Crippen LogP contribution in [0.2, 0.25) is 0 Å². The van der Waals surface area contributed by atoms with E-state index in [9.17, 15) is 9.59 Å². The van der Waals surface area contributed by atoms with Gasteiger partial charge >= 0.3 is 11.9 Å². The highest BCUT2D eigenvalue weighted by Crippen LogP contribution is 2.33. The number of hydrogen-bond acceptors (Lipinski definition) is 11. The normalized spacial score (nSPS) is 10.9. The van der Waals surface area contributed by atoms with Gasteiger partial charge in [-0.2, -0.15) is 5.26 Å². The predicted molar refractivity (Wildman–Crippen MR) is 132 cm³/mol. The van der Waals surface area contributed by atoms with E-state index in [-0.39, 0.29) is 25.2 Å². The number of azo groups is 1. The number of nitriles is 1. The van der Waals surface area contributed by atoms with Crippen molar-refractivity contribution < 1.29 is 19.1 Å². The Balaban J connectivity index is 1.74. The van der Waals surface area contributed by atoms with Crippen molar-refractivity contribution in [3.63, 3.8) is 0 Å². The van der Waals surface area contributed by atoms with Crippen LogP contribution in [0.1, 0.15) is 19.4 Å². The van der Waals surface area contributed by atoms with Gasteiger partial charge in [0.15, 0.2) is 0 Å². The first kappa shape index (κ1) is 25.1. The van der Waals surface area contributed by atoms with E-state index in [4.69, 9.17) is 14.7 Å². The summed E-state index contributed by atoms with van der Waals surface area (Å²) in [6.07, 6.45) is 0. The van der Waals surface area contributed by atoms with E-state index in [2.05, 4.69) is 20.6 Å². The third-order valence-corrected chi connectivity index (χ3v) is 6.12. The van der Waals surface area contributed by atoms with Crippen LogP contribution in [0.25, 0.3) is 10.2 Å². The number of carbonyl (C=O) groups excluding carboxylic acids is 2. The molecule has 0 aliphatic heterocycles. The molecule has 11 heteroatoms. The van der Waals surface area contributed by atoms with E-state index in [1.165, 1.54) is 25.2 Å². The number of aromatic nitrogens is 1. The predicted octanol–water partition coefficient (Wildman–Crippen LogP) is 5.53. The third kappa shape index (κ3) is 7.26. The highest BCUT2D eigenvalue weighted by atomic mass is 32.2. The first-order chi connectivity index (χ1) is 16.4. The lowest BCUT2D eigenvalue weighted by molar-refractivity contribution is -0.141. The van der Waals surface area contributed by atoms with Crippen LogP contribution in [0.3, 0.4) is 0 Å². The molecule has 0 bridgehead atoms. The Bertz CT molecular complexity index is 1230. The fourth-order valence-electron chi connectivity index (χ4n) is 3.07. The smallest absolute Gasteiger partial charge is 0.302 e. The number of thiocyanates is 1. The fourth-order valence-corrected chi connectivity index (χ4v) is 4.39. The van der Waals surface area contributed by atoms with Gasteiger partial charge in [0.2, 0.25) is 5.13 Å². The number of thioether (sulfide) groups is 1. The standard InChI is InChI=1S/C23H23N5O4S2/c1-15-12-18(28(8-10-31-16(2)29)9-11-32-17(3)30)4-6-20(15)26-27-23-25-21-7-5-19(33-14-24)13-22(21)34-23/h4-7,12-13H,8-11H2,1-3H3/b27-26+. The highest BCUT2D eigenvalue weighted by molar-refractivity contribution is 8.03. The van der Waals surface area contributed by atoms with Crippen molar-refractivity contribution in [2.24, 2.45) is 10.2 Å². The van der Waals surface area contributed by atoms with Crippen molar-refractivity contribution in [1.82, 2.24) is 4.98 Å². The molecule has 0 unspecified atom stereocenters. The lowest BCUT2D eigenvalue weighted by atomic mass is 10.1. The lowest BCUT2D eigenvalue weighted by Gasteiger charge is -2.25. The van der Waals surface area contributed by atoms with Gasteiger partial charge in [-0.1, -0.05) is 11.3 Å². The van der Waals surface area contributed by atoms with E-state index in [1.807, 2.05) is 48.2 Å². The van der Waals surface area contributed by atoms with E-state index in [0.717, 1.165) is 38.1 Å². The van der Waals surface area contributed by atoms with Crippen molar-refractivity contribution in [3.8, 4) is 5.40 Å². The second-order valence-corrected chi connectivity index (χ2v) is 9.02. The molecule has 0 amide bonds. The number of hydrogen-bond donors (Lipinski definition) is 0. The Morgan fingerprint density at radius 3 is 2.41 bits per heavy atom. The van der Waals surface area contributed by atoms with Crippen molar-refractivity contribution in [2.45, 2.75) is 25.7 Å². The largest absolute Gasteiger partial charge is 0.464 e. The SMILES string of the molecule is CC(=O)OCCN(CCOC(C)=O)c1ccc(/N=N/c2nc3ccc(SC#N)cc3s2)c(C)c1. The number of ether oxygens (including phenoxy) is 2. The number of anilines is 1. The number of benzene rings is 2. The number of fused-ring (bicyclic) bond motifs is 1. The molecular weight excluding hydrogens is 474 g/mol. The molecule has 176 valence electrons. The molecule has 0 N–H and O–H groups in total. The van der Waals surface area contributed by atoms with E-state index in [0.29, 0.717) is 23.9 Å². The minimum absolute atomic E-state index is 0.224. The van der Waals surface area contributed by atoms with Gasteiger partial charge in [0.05, 0.1) is 29.0 Å². The van der Waals surface area contributed by atoms with Crippen LogP contribution < -0.4 is 4.90 Å². The van der Waals surface area contributed by atoms with Crippen LogP contribution in [0.5, 0.6) is 0 Å². The minimum atomic E-state index is -0.346. The molecule has 0 saturated heterocycles. The van der Waals surface area contributed by atoms with Gasteiger partial charge in [-0.3, -0.25) is 9.59 Å². The molecule has 0 fully saturated rings. The van der Waals surface area contributed by atoms with Crippen LogP contribution in [0.15, 0.2) is 51.5 Å². The van der Waals surface area contributed by atoms with Gasteiger partial charge in [-0.25, -0.2) is 4.98 Å². The molecule has 9 nitrogen and oxygen atoms in total. The molecule has 2 aromatic carbocycles. The summed E-state index contributed by atoms with van der Waals surface area (Å²) in [6, 6.07) is 11.3. The van der Waals surface area contributed by atoms with E-state index in [1.54, 1.807) is 0 Å². The molecule has 0 atom stereocenters. The number of esters is 2. The van der Waals surface area contributed by atoms with E-state index >= 15 is 0 Å². The van der Waals surface area contributed by atoms with Crippen LogP contribution >= 0.6 is 23.1 Å². The number of thiazole rings is 1. The van der Waals surface area contributed by atoms with Crippen LogP contribution in [-0.2, 0) is 19.1 Å². The quantitative estimate of drug-likeness (QED) is 0.155. The average Bonchev–Trinajstić information content (AvgIpc) is 3.19. The summed E-state index contributed by atoms with van der Waals surface area (Å²) < 4.78 is 11.1. The molecule has 0 saturated carbocycles. The molecule has 0 aliphatic carbocycles. The molecule has 0 radical (unpaired) electrons. The summed E-state index contributed by atoms with van der Waals surface area (Å²) in [4.78, 5) is 29.5. The van der Waals surface area contributed by atoms with Gasteiger partial charge in [-0.15, -0.1) is 10.2 Å². The van der Waals surface area contributed by atoms with Crippen LogP contribution in [-0.4, -0.2) is 43.2 Å². The Kier molecular flexibility index (Phi) is 8.95. The Morgan fingerprint density at radius 2 is 1.79 bits per heavy atom. The van der Waals surface area contributed by atoms with Crippen LogP contribution in [0.4, 0.5) is 16.5 Å². The Morgan fingerprint density at radius 1 is 1.09 bits per heavy atom. The summed E-state index contributed by atoms with van der Waals surface area (Å²) in [7, 11) is 0. The van der Waals surface area contributed by atoms with Gasteiger partial charge in [0.1, 0.15) is 18.6 Å². The summed E-state index contributed by atoms with van der Waals surface area (Å²) >= 11 is 2.51. The first-order valence-electron chi connectivity index (χ1n) is 10.4. The topological polar surface area (TPSA) is 117 Å². The van der Waals surface area contributed by atoms with E-state index < -0.39 is 0 Å². The number of nitrogens with zero attached hydrogens (tertiary/aromatic N) is 5. The molecule has 3 rings (SSSR count). The average molecular weight is 498 g/mol. The summed E-state index contributed by atoms with van der Waals surface area (Å²) in [6.45, 7) is 6.02. The summed E-state index contributed by atoms with van der Waals surface area (Å²) in [5.74, 6) is -0.691. The van der Waals surface area contributed by atoms with Crippen molar-refractivity contribution in [1.29, 1.82) is 5.26 Å². The Hall–Kier alpha value is -3.49. The molecule has 1 aromatic heterocycles. The number of rotatable bonds is 10. The zero-order chi connectivity index (χ0) is 24.5. The second kappa shape index (κ2) is 12.1. The number of aryl methyl sites for hydroxylation is 1. The minimum Gasteiger partial charge on any atom is -0.464 e.